The van der Waals surface area contributed by atoms with Gasteiger partial charge in [0.15, 0.2) is 11.5 Å². The van der Waals surface area contributed by atoms with Gasteiger partial charge in [0.1, 0.15) is 0 Å². The van der Waals surface area contributed by atoms with E-state index in [1.54, 1.807) is 21.3 Å². The van der Waals surface area contributed by atoms with Gasteiger partial charge < -0.3 is 14.2 Å². The van der Waals surface area contributed by atoms with Crippen LogP contribution < -0.4 is 14.2 Å². The maximum absolute atomic E-state index is 5.40. The van der Waals surface area contributed by atoms with Crippen LogP contribution in [-0.2, 0) is 6.42 Å². The molecular formula is C20H30O3. The molecule has 0 saturated carbocycles. The van der Waals surface area contributed by atoms with E-state index in [1.807, 2.05) is 12.1 Å². The summed E-state index contributed by atoms with van der Waals surface area (Å²) in [6, 6.07) is 4.04. The fourth-order valence-corrected chi connectivity index (χ4v) is 2.46. The molecule has 0 amide bonds. The fraction of sp³-hybridized carbons (Fsp3) is 0.500. The summed E-state index contributed by atoms with van der Waals surface area (Å²) in [6.45, 7) is 6.49. The minimum Gasteiger partial charge on any atom is -0.493 e. The first-order valence-electron chi connectivity index (χ1n) is 8.09. The van der Waals surface area contributed by atoms with Crippen LogP contribution in [0.25, 0.3) is 0 Å². The van der Waals surface area contributed by atoms with Crippen molar-refractivity contribution in [1.29, 1.82) is 0 Å². The summed E-state index contributed by atoms with van der Waals surface area (Å²) >= 11 is 0. The Morgan fingerprint density at radius 1 is 0.870 bits per heavy atom. The Balaban J connectivity index is 2.69. The lowest BCUT2D eigenvalue weighted by Crippen LogP contribution is -1.97. The van der Waals surface area contributed by atoms with Gasteiger partial charge in [-0.2, -0.15) is 0 Å². The summed E-state index contributed by atoms with van der Waals surface area (Å²) in [6.07, 6.45) is 8.82. The SMILES string of the molecule is COc1cc(CC/C=C(\C)CCC=C(C)C)cc(OC)c1OC. The topological polar surface area (TPSA) is 27.7 Å². The summed E-state index contributed by atoms with van der Waals surface area (Å²) in [4.78, 5) is 0. The van der Waals surface area contributed by atoms with Crippen LogP contribution in [0.5, 0.6) is 17.2 Å². The third kappa shape index (κ3) is 6.39. The van der Waals surface area contributed by atoms with Gasteiger partial charge in [0.25, 0.3) is 0 Å². The Morgan fingerprint density at radius 3 is 1.96 bits per heavy atom. The smallest absolute Gasteiger partial charge is 0.203 e. The third-order valence-corrected chi connectivity index (χ3v) is 3.74. The van der Waals surface area contributed by atoms with Gasteiger partial charge in [-0.1, -0.05) is 23.3 Å². The van der Waals surface area contributed by atoms with Gasteiger partial charge in [-0.05, 0) is 64.2 Å². The normalized spacial score (nSPS) is 11.1. The van der Waals surface area contributed by atoms with Crippen LogP contribution in [-0.4, -0.2) is 21.3 Å². The Bertz CT molecular complexity index is 527. The van der Waals surface area contributed by atoms with Gasteiger partial charge in [-0.25, -0.2) is 0 Å². The number of hydrogen-bond donors (Lipinski definition) is 0. The molecule has 0 atom stereocenters. The van der Waals surface area contributed by atoms with Crippen molar-refractivity contribution in [3.05, 3.63) is 41.0 Å². The monoisotopic (exact) mass is 318 g/mol. The molecular weight excluding hydrogens is 288 g/mol. The van der Waals surface area contributed by atoms with Crippen molar-refractivity contribution in [2.45, 2.75) is 46.5 Å². The van der Waals surface area contributed by atoms with Crippen molar-refractivity contribution in [3.63, 3.8) is 0 Å². The molecule has 0 N–H and O–H groups in total. The summed E-state index contributed by atoms with van der Waals surface area (Å²) in [5.74, 6) is 2.07. The molecule has 3 heteroatoms. The molecule has 0 aliphatic heterocycles. The number of allylic oxidation sites excluding steroid dienone is 4. The molecule has 0 bridgehead atoms. The summed E-state index contributed by atoms with van der Waals surface area (Å²) < 4.78 is 16.1. The average molecular weight is 318 g/mol. The van der Waals surface area contributed by atoms with Crippen LogP contribution in [0.15, 0.2) is 35.4 Å². The van der Waals surface area contributed by atoms with Gasteiger partial charge in [-0.15, -0.1) is 0 Å². The van der Waals surface area contributed by atoms with Gasteiger partial charge in [0.2, 0.25) is 5.75 Å². The lowest BCUT2D eigenvalue weighted by Gasteiger charge is -2.13. The number of benzene rings is 1. The third-order valence-electron chi connectivity index (χ3n) is 3.74. The Kier molecular flexibility index (Phi) is 8.31. The second-order valence-corrected chi connectivity index (χ2v) is 5.94. The highest BCUT2D eigenvalue weighted by atomic mass is 16.5. The molecule has 0 heterocycles. The zero-order chi connectivity index (χ0) is 17.2. The van der Waals surface area contributed by atoms with Gasteiger partial charge in [-0.3, -0.25) is 0 Å². The second-order valence-electron chi connectivity index (χ2n) is 5.94. The number of rotatable bonds is 9. The van der Waals surface area contributed by atoms with E-state index in [-0.39, 0.29) is 0 Å². The van der Waals surface area contributed by atoms with Crippen molar-refractivity contribution in [3.8, 4) is 17.2 Å². The average Bonchev–Trinajstić information content (AvgIpc) is 2.53. The lowest BCUT2D eigenvalue weighted by atomic mass is 10.0. The minimum atomic E-state index is 0.646. The minimum absolute atomic E-state index is 0.646. The number of ether oxygens (including phenoxy) is 3. The van der Waals surface area contributed by atoms with E-state index in [2.05, 4.69) is 32.9 Å². The zero-order valence-electron chi connectivity index (χ0n) is 15.4. The maximum Gasteiger partial charge on any atom is 0.203 e. The van der Waals surface area contributed by atoms with Gasteiger partial charge in [0, 0.05) is 0 Å². The van der Waals surface area contributed by atoms with E-state index in [1.165, 1.54) is 16.7 Å². The Hall–Kier alpha value is -1.90. The maximum atomic E-state index is 5.40. The molecule has 3 nitrogen and oxygen atoms in total. The molecule has 0 radical (unpaired) electrons. The van der Waals surface area contributed by atoms with Crippen LogP contribution in [0.3, 0.4) is 0 Å². The molecule has 0 unspecified atom stereocenters. The van der Waals surface area contributed by atoms with Crippen LogP contribution >= 0.6 is 0 Å². The van der Waals surface area contributed by atoms with Crippen LogP contribution in [0, 0.1) is 0 Å². The first kappa shape index (κ1) is 19.1. The van der Waals surface area contributed by atoms with Crippen LogP contribution in [0.4, 0.5) is 0 Å². The molecule has 1 aromatic carbocycles. The molecule has 128 valence electrons. The number of hydrogen-bond acceptors (Lipinski definition) is 3. The summed E-state index contributed by atoms with van der Waals surface area (Å²) in [5.41, 5.74) is 4.01. The van der Waals surface area contributed by atoms with Crippen LogP contribution in [0.1, 0.15) is 45.6 Å². The molecule has 0 aromatic heterocycles. The molecule has 0 fully saturated rings. The lowest BCUT2D eigenvalue weighted by molar-refractivity contribution is 0.324. The van der Waals surface area contributed by atoms with Crippen molar-refractivity contribution in [2.24, 2.45) is 0 Å². The quantitative estimate of drug-likeness (QED) is 0.575. The van der Waals surface area contributed by atoms with Crippen LogP contribution in [0.2, 0.25) is 0 Å². The Morgan fingerprint density at radius 2 is 1.48 bits per heavy atom. The fourth-order valence-electron chi connectivity index (χ4n) is 2.46. The van der Waals surface area contributed by atoms with Gasteiger partial charge in [0.05, 0.1) is 21.3 Å². The van der Waals surface area contributed by atoms with Crippen molar-refractivity contribution in [2.75, 3.05) is 21.3 Å². The number of methoxy groups -OCH3 is 3. The molecule has 0 saturated heterocycles. The molecule has 0 aliphatic carbocycles. The van der Waals surface area contributed by atoms with Crippen molar-refractivity contribution >= 4 is 0 Å². The standard InChI is InChI=1S/C20H30O3/c1-15(2)9-7-10-16(3)11-8-12-17-13-18(21-4)20(23-6)19(14-17)22-5/h9,11,13-14H,7-8,10,12H2,1-6H3/b16-11+. The highest BCUT2D eigenvalue weighted by Crippen LogP contribution is 2.38. The molecule has 1 rings (SSSR count). The highest BCUT2D eigenvalue weighted by molar-refractivity contribution is 5.53. The van der Waals surface area contributed by atoms with E-state index >= 15 is 0 Å². The largest absolute Gasteiger partial charge is 0.493 e. The molecule has 0 aliphatic rings. The molecule has 23 heavy (non-hydrogen) atoms. The highest BCUT2D eigenvalue weighted by Gasteiger charge is 2.12. The molecule has 1 aromatic rings. The number of aryl methyl sites for hydroxylation is 1. The zero-order valence-corrected chi connectivity index (χ0v) is 15.4. The second kappa shape index (κ2) is 9.98. The Labute approximate surface area is 141 Å². The van der Waals surface area contributed by atoms with Gasteiger partial charge >= 0.3 is 0 Å². The van der Waals surface area contributed by atoms with E-state index in [0.717, 1.165) is 25.7 Å². The summed E-state index contributed by atoms with van der Waals surface area (Å²) in [5, 5.41) is 0. The van der Waals surface area contributed by atoms with Crippen molar-refractivity contribution in [1.82, 2.24) is 0 Å². The van der Waals surface area contributed by atoms with E-state index < -0.39 is 0 Å². The first-order chi connectivity index (χ1) is 11.0. The predicted octanol–water partition coefficient (Wildman–Crippen LogP) is 5.34. The first-order valence-corrected chi connectivity index (χ1v) is 8.09. The summed E-state index contributed by atoms with van der Waals surface area (Å²) in [7, 11) is 4.92. The van der Waals surface area contributed by atoms with E-state index in [0.29, 0.717) is 17.2 Å². The predicted molar refractivity (Wildman–Crippen MR) is 96.8 cm³/mol. The van der Waals surface area contributed by atoms with E-state index in [4.69, 9.17) is 14.2 Å². The molecule has 0 spiro atoms. The van der Waals surface area contributed by atoms with Crippen molar-refractivity contribution < 1.29 is 14.2 Å². The van der Waals surface area contributed by atoms with E-state index in [9.17, 15) is 0 Å².